The van der Waals surface area contributed by atoms with E-state index in [2.05, 4.69) is 32.5 Å². The summed E-state index contributed by atoms with van der Waals surface area (Å²) in [5, 5.41) is 11.9. The van der Waals surface area contributed by atoms with Crippen molar-refractivity contribution >= 4 is 35.3 Å². The smallest absolute Gasteiger partial charge is 0.286 e. The van der Waals surface area contributed by atoms with Gasteiger partial charge in [-0.3, -0.25) is 9.69 Å². The first-order valence-electron chi connectivity index (χ1n) is 9.00. The molecule has 1 aliphatic heterocycles. The molecule has 0 aliphatic carbocycles. The van der Waals surface area contributed by atoms with Gasteiger partial charge in [-0.1, -0.05) is 41.7 Å². The van der Waals surface area contributed by atoms with Crippen LogP contribution in [0, 0.1) is 5.82 Å². The van der Waals surface area contributed by atoms with Crippen LogP contribution in [0.3, 0.4) is 0 Å². The minimum atomic E-state index is -0.353. The number of anilines is 1. The van der Waals surface area contributed by atoms with E-state index < -0.39 is 0 Å². The average molecular weight is 434 g/mol. The summed E-state index contributed by atoms with van der Waals surface area (Å²) in [6, 6.07) is 15.9. The van der Waals surface area contributed by atoms with E-state index in [0.29, 0.717) is 12.2 Å². The summed E-state index contributed by atoms with van der Waals surface area (Å²) in [4.78, 5) is 14.5. The van der Waals surface area contributed by atoms with Crippen LogP contribution in [0.1, 0.15) is 26.3 Å². The number of rotatable bonds is 5. The number of nitrogens with zero attached hydrogens (tertiary/aromatic N) is 3. The fraction of sp³-hybridized carbons (Fsp3) is 0.250. The van der Waals surface area contributed by atoms with E-state index in [1.807, 2.05) is 18.2 Å². The van der Waals surface area contributed by atoms with E-state index in [1.165, 1.54) is 41.2 Å². The first-order chi connectivity index (χ1) is 13.6. The van der Waals surface area contributed by atoms with Crippen LogP contribution in [0.15, 0.2) is 54.6 Å². The zero-order valence-corrected chi connectivity index (χ0v) is 17.1. The van der Waals surface area contributed by atoms with Gasteiger partial charge in [-0.05, 0) is 29.8 Å². The third-order valence-corrected chi connectivity index (χ3v) is 5.70. The largest absolute Gasteiger partial charge is 0.326 e. The number of carbonyl (C=O) groups is 1. The Morgan fingerprint density at radius 1 is 1.14 bits per heavy atom. The molecule has 3 aromatic rings. The number of nitrogens with two attached hydrogens (primary N) is 1. The quantitative estimate of drug-likeness (QED) is 0.645. The molecule has 0 saturated carbocycles. The molecule has 1 fully saturated rings. The van der Waals surface area contributed by atoms with Gasteiger partial charge in [0.05, 0.1) is 6.54 Å². The third kappa shape index (κ3) is 5.16. The Balaban J connectivity index is 0.00000240. The Bertz CT molecular complexity index is 953. The average Bonchev–Trinajstić information content (AvgIpc) is 3.31. The van der Waals surface area contributed by atoms with Crippen molar-refractivity contribution in [1.29, 1.82) is 0 Å². The predicted molar refractivity (Wildman–Crippen MR) is 114 cm³/mol. The first-order valence-corrected chi connectivity index (χ1v) is 9.82. The molecule has 1 amide bonds. The molecule has 29 heavy (non-hydrogen) atoms. The van der Waals surface area contributed by atoms with E-state index in [-0.39, 0.29) is 41.1 Å². The molecule has 0 spiro atoms. The van der Waals surface area contributed by atoms with Crippen molar-refractivity contribution < 1.29 is 9.18 Å². The number of amides is 1. The summed E-state index contributed by atoms with van der Waals surface area (Å²) in [6.45, 7) is 2.23. The van der Waals surface area contributed by atoms with Gasteiger partial charge in [0, 0.05) is 30.7 Å². The highest BCUT2D eigenvalue weighted by Gasteiger charge is 2.31. The molecule has 1 aliphatic rings. The van der Waals surface area contributed by atoms with Crippen molar-refractivity contribution in [3.05, 3.63) is 76.0 Å². The van der Waals surface area contributed by atoms with Gasteiger partial charge in [0.2, 0.25) is 5.01 Å². The fourth-order valence-electron chi connectivity index (χ4n) is 3.41. The minimum Gasteiger partial charge on any atom is -0.326 e. The molecule has 2 aromatic carbocycles. The zero-order chi connectivity index (χ0) is 19.5. The molecule has 1 saturated heterocycles. The Morgan fingerprint density at radius 2 is 1.86 bits per heavy atom. The number of likely N-dealkylation sites (tertiary alicyclic amines) is 1. The lowest BCUT2D eigenvalue weighted by atomic mass is 9.95. The lowest BCUT2D eigenvalue weighted by Gasteiger charge is -2.14. The maximum atomic E-state index is 13.0. The summed E-state index contributed by atoms with van der Waals surface area (Å²) in [7, 11) is 0. The van der Waals surface area contributed by atoms with Gasteiger partial charge in [0.1, 0.15) is 10.8 Å². The van der Waals surface area contributed by atoms with Crippen LogP contribution in [-0.4, -0.2) is 40.1 Å². The molecule has 2 atom stereocenters. The number of benzene rings is 2. The molecule has 6 nitrogen and oxygen atoms in total. The van der Waals surface area contributed by atoms with E-state index in [1.54, 1.807) is 0 Å². The number of carbonyl (C=O) groups excluding carboxylic acids is 1. The van der Waals surface area contributed by atoms with Gasteiger partial charge in [-0.15, -0.1) is 22.6 Å². The molecular formula is C20H21ClFN5OS. The second kappa shape index (κ2) is 9.41. The molecule has 2 heterocycles. The lowest BCUT2D eigenvalue weighted by molar-refractivity contribution is 0.102. The monoisotopic (exact) mass is 433 g/mol. The maximum absolute atomic E-state index is 13.0. The van der Waals surface area contributed by atoms with Crippen LogP contribution >= 0.6 is 23.7 Å². The van der Waals surface area contributed by atoms with Crippen molar-refractivity contribution in [2.75, 3.05) is 18.4 Å². The van der Waals surface area contributed by atoms with Gasteiger partial charge in [0.25, 0.3) is 5.91 Å². The van der Waals surface area contributed by atoms with E-state index >= 15 is 0 Å². The van der Waals surface area contributed by atoms with Crippen molar-refractivity contribution in [1.82, 2.24) is 15.1 Å². The summed E-state index contributed by atoms with van der Waals surface area (Å²) < 4.78 is 13.0. The summed E-state index contributed by atoms with van der Waals surface area (Å²) in [5.74, 6) is -0.417. The van der Waals surface area contributed by atoms with Crippen molar-refractivity contribution in [2.24, 2.45) is 5.73 Å². The molecule has 0 radical (unpaired) electrons. The normalized spacial score (nSPS) is 19.0. The molecular weight excluding hydrogens is 413 g/mol. The van der Waals surface area contributed by atoms with Crippen LogP contribution in [0.25, 0.3) is 0 Å². The van der Waals surface area contributed by atoms with Crippen LogP contribution in [0.4, 0.5) is 10.1 Å². The van der Waals surface area contributed by atoms with Crippen LogP contribution in [0.2, 0.25) is 0 Å². The van der Waals surface area contributed by atoms with Crippen molar-refractivity contribution in [3.8, 4) is 0 Å². The van der Waals surface area contributed by atoms with Crippen LogP contribution in [-0.2, 0) is 6.54 Å². The van der Waals surface area contributed by atoms with E-state index in [4.69, 9.17) is 5.73 Å². The van der Waals surface area contributed by atoms with Crippen molar-refractivity contribution in [2.45, 2.75) is 18.5 Å². The van der Waals surface area contributed by atoms with Gasteiger partial charge in [0.15, 0.2) is 0 Å². The van der Waals surface area contributed by atoms with Crippen molar-refractivity contribution in [3.63, 3.8) is 0 Å². The number of aromatic nitrogens is 2. The van der Waals surface area contributed by atoms with Gasteiger partial charge < -0.3 is 11.1 Å². The summed E-state index contributed by atoms with van der Waals surface area (Å²) >= 11 is 1.26. The molecule has 4 rings (SSSR count). The topological polar surface area (TPSA) is 84.1 Å². The molecule has 9 heteroatoms. The lowest BCUT2D eigenvalue weighted by Crippen LogP contribution is -2.28. The van der Waals surface area contributed by atoms with Gasteiger partial charge >= 0.3 is 0 Å². The fourth-order valence-corrected chi connectivity index (χ4v) is 4.19. The maximum Gasteiger partial charge on any atom is 0.286 e. The Labute approximate surface area is 178 Å². The molecule has 0 unspecified atom stereocenters. The number of halogens is 2. The Morgan fingerprint density at radius 3 is 2.59 bits per heavy atom. The van der Waals surface area contributed by atoms with Gasteiger partial charge in [-0.25, -0.2) is 4.39 Å². The number of hydrogen-bond donors (Lipinski definition) is 2. The SMILES string of the molecule is Cl.N[C@@H]1CN(Cc2nnc(C(=O)Nc3ccc(F)cc3)s2)C[C@H]1c1ccccc1. The Hall–Kier alpha value is -2.39. The highest BCUT2D eigenvalue weighted by atomic mass is 35.5. The molecule has 152 valence electrons. The standard InChI is InChI=1S/C20H20FN5OS.ClH/c21-14-6-8-15(9-7-14)23-19(27)20-25-24-18(28-20)12-26-10-16(17(22)11-26)13-4-2-1-3-5-13;/h1-9,16-17H,10-12,22H2,(H,23,27);1H/t16-,17+;/m0./s1. The second-order valence-corrected chi connectivity index (χ2v) is 7.90. The summed E-state index contributed by atoms with van der Waals surface area (Å²) in [6.07, 6.45) is 0. The summed E-state index contributed by atoms with van der Waals surface area (Å²) in [5.41, 5.74) is 8.10. The van der Waals surface area contributed by atoms with Gasteiger partial charge in [-0.2, -0.15) is 0 Å². The molecule has 3 N–H and O–H groups in total. The van der Waals surface area contributed by atoms with E-state index in [9.17, 15) is 9.18 Å². The first kappa shape index (κ1) is 21.3. The zero-order valence-electron chi connectivity index (χ0n) is 15.5. The minimum absolute atomic E-state index is 0. The third-order valence-electron chi connectivity index (χ3n) is 4.79. The highest BCUT2D eigenvalue weighted by molar-refractivity contribution is 7.13. The molecule has 1 aromatic heterocycles. The van der Waals surface area contributed by atoms with Crippen LogP contribution < -0.4 is 11.1 Å². The number of nitrogens with one attached hydrogen (secondary N) is 1. The molecule has 0 bridgehead atoms. The highest BCUT2D eigenvalue weighted by Crippen LogP contribution is 2.28. The van der Waals surface area contributed by atoms with Crippen LogP contribution in [0.5, 0.6) is 0 Å². The van der Waals surface area contributed by atoms with E-state index in [0.717, 1.165) is 18.1 Å². The Kier molecular flexibility index (Phi) is 6.92. The second-order valence-electron chi connectivity index (χ2n) is 6.84. The number of hydrogen-bond acceptors (Lipinski definition) is 6. The predicted octanol–water partition coefficient (Wildman–Crippen LogP) is 3.28.